The molecule has 0 heterocycles. The molecule has 1 atom stereocenters. The number of methoxy groups -OCH3 is 2. The summed E-state index contributed by atoms with van der Waals surface area (Å²) in [5.74, 6) is -1.05. The summed E-state index contributed by atoms with van der Waals surface area (Å²) >= 11 is 6.16. The molecule has 0 radical (unpaired) electrons. The van der Waals surface area contributed by atoms with Gasteiger partial charge in [-0.05, 0) is 72.5 Å². The molecule has 2 amide bonds. The standard InChI is InChI=1S/C37H39ClFN3O6S/c1-47-34-21-20-32(23-35(34)48-2)49(45,46)42(31-18-16-29(39)17-19-31)25-36(43)41(24-27-12-14-28(38)15-13-27)33(22-26-8-4-3-5-9-26)37(44)40-30-10-6-7-11-30/h3-5,8-9,12-21,23,30,33H,6-7,10-11,22,24-25H2,1-2H3,(H,40,44)/t33-/m0/s1. The summed E-state index contributed by atoms with van der Waals surface area (Å²) in [6, 6.07) is 24.2. The Morgan fingerprint density at radius 3 is 2.16 bits per heavy atom. The van der Waals surface area contributed by atoms with Crippen LogP contribution >= 0.6 is 11.6 Å². The third-order valence-electron chi connectivity index (χ3n) is 8.58. The lowest BCUT2D eigenvalue weighted by Gasteiger charge is -2.34. The SMILES string of the molecule is COc1ccc(S(=O)(=O)N(CC(=O)N(Cc2ccc(Cl)cc2)[C@@H](Cc2ccccc2)C(=O)NC2CCCC2)c2ccc(F)cc2)cc1OC. The minimum atomic E-state index is -4.45. The number of hydrogen-bond acceptors (Lipinski definition) is 6. The zero-order chi connectivity index (χ0) is 35.0. The smallest absolute Gasteiger partial charge is 0.264 e. The van der Waals surface area contributed by atoms with E-state index in [4.69, 9.17) is 21.1 Å². The Balaban J connectivity index is 1.57. The number of benzene rings is 4. The minimum Gasteiger partial charge on any atom is -0.493 e. The quantitative estimate of drug-likeness (QED) is 0.163. The van der Waals surface area contributed by atoms with Crippen LogP contribution in [0.4, 0.5) is 10.1 Å². The van der Waals surface area contributed by atoms with Gasteiger partial charge >= 0.3 is 0 Å². The van der Waals surface area contributed by atoms with Crippen molar-refractivity contribution < 1.29 is 31.9 Å². The summed E-state index contributed by atoms with van der Waals surface area (Å²) in [6.45, 7) is -0.683. The summed E-state index contributed by atoms with van der Waals surface area (Å²) in [5, 5.41) is 3.65. The summed E-state index contributed by atoms with van der Waals surface area (Å²) < 4.78 is 54.3. The first-order valence-corrected chi connectivity index (χ1v) is 17.8. The summed E-state index contributed by atoms with van der Waals surface area (Å²) in [7, 11) is -1.63. The number of sulfonamides is 1. The van der Waals surface area contributed by atoms with Crippen molar-refractivity contribution in [1.82, 2.24) is 10.2 Å². The van der Waals surface area contributed by atoms with E-state index in [0.717, 1.165) is 47.7 Å². The van der Waals surface area contributed by atoms with Crippen LogP contribution in [-0.2, 0) is 32.6 Å². The van der Waals surface area contributed by atoms with Crippen molar-refractivity contribution >= 4 is 39.1 Å². The van der Waals surface area contributed by atoms with Gasteiger partial charge in [0.1, 0.15) is 18.4 Å². The molecule has 1 saturated carbocycles. The van der Waals surface area contributed by atoms with E-state index in [1.54, 1.807) is 24.3 Å². The fourth-order valence-electron chi connectivity index (χ4n) is 5.95. The second-order valence-corrected chi connectivity index (χ2v) is 14.1. The van der Waals surface area contributed by atoms with E-state index in [1.807, 2.05) is 30.3 Å². The van der Waals surface area contributed by atoms with Crippen LogP contribution in [0.2, 0.25) is 5.02 Å². The van der Waals surface area contributed by atoms with Gasteiger partial charge in [-0.2, -0.15) is 0 Å². The first-order chi connectivity index (χ1) is 23.6. The number of hydrogen-bond donors (Lipinski definition) is 1. The third-order valence-corrected chi connectivity index (χ3v) is 10.6. The lowest BCUT2D eigenvalue weighted by molar-refractivity contribution is -0.140. The van der Waals surface area contributed by atoms with E-state index in [9.17, 15) is 22.4 Å². The molecule has 1 fully saturated rings. The van der Waals surface area contributed by atoms with Crippen molar-refractivity contribution in [3.05, 3.63) is 119 Å². The predicted octanol–water partition coefficient (Wildman–Crippen LogP) is 6.39. The number of ether oxygens (including phenoxy) is 2. The van der Waals surface area contributed by atoms with Gasteiger partial charge in [-0.3, -0.25) is 13.9 Å². The van der Waals surface area contributed by atoms with Gasteiger partial charge < -0.3 is 19.7 Å². The van der Waals surface area contributed by atoms with Gasteiger partial charge in [-0.25, -0.2) is 12.8 Å². The van der Waals surface area contributed by atoms with Gasteiger partial charge in [0.25, 0.3) is 10.0 Å². The molecule has 0 aromatic heterocycles. The molecule has 12 heteroatoms. The lowest BCUT2D eigenvalue weighted by atomic mass is 10.0. The molecule has 4 aromatic rings. The monoisotopic (exact) mass is 707 g/mol. The van der Waals surface area contributed by atoms with Gasteiger partial charge in [-0.1, -0.05) is 66.9 Å². The molecular formula is C37H39ClFN3O6S. The van der Waals surface area contributed by atoms with Crippen LogP contribution in [-0.4, -0.2) is 58.0 Å². The molecule has 0 spiro atoms. The lowest BCUT2D eigenvalue weighted by Crippen LogP contribution is -2.54. The van der Waals surface area contributed by atoms with E-state index in [0.29, 0.717) is 16.3 Å². The van der Waals surface area contributed by atoms with E-state index in [-0.39, 0.29) is 41.2 Å². The topological polar surface area (TPSA) is 105 Å². The molecule has 0 bridgehead atoms. The first-order valence-electron chi connectivity index (χ1n) is 16.0. The summed E-state index contributed by atoms with van der Waals surface area (Å²) in [4.78, 5) is 30.0. The maximum Gasteiger partial charge on any atom is 0.264 e. The first kappa shape index (κ1) is 35.7. The number of amides is 2. The van der Waals surface area contributed by atoms with Crippen LogP contribution in [0, 0.1) is 5.82 Å². The second-order valence-electron chi connectivity index (χ2n) is 11.8. The van der Waals surface area contributed by atoms with Gasteiger partial charge in [0.15, 0.2) is 11.5 Å². The Hall–Kier alpha value is -4.61. The van der Waals surface area contributed by atoms with Crippen LogP contribution in [0.15, 0.2) is 102 Å². The highest BCUT2D eigenvalue weighted by Crippen LogP contribution is 2.33. The largest absolute Gasteiger partial charge is 0.493 e. The van der Waals surface area contributed by atoms with Crippen LogP contribution < -0.4 is 19.1 Å². The summed E-state index contributed by atoms with van der Waals surface area (Å²) in [6.07, 6.45) is 3.89. The number of carbonyl (C=O) groups excluding carboxylic acids is 2. The molecule has 0 unspecified atom stereocenters. The van der Waals surface area contributed by atoms with Crippen LogP contribution in [0.1, 0.15) is 36.8 Å². The molecule has 258 valence electrons. The van der Waals surface area contributed by atoms with Crippen LogP contribution in [0.5, 0.6) is 11.5 Å². The molecule has 4 aromatic carbocycles. The van der Waals surface area contributed by atoms with Crippen molar-refractivity contribution in [3.63, 3.8) is 0 Å². The van der Waals surface area contributed by atoms with Crippen LogP contribution in [0.3, 0.4) is 0 Å². The molecule has 1 N–H and O–H groups in total. The maximum absolute atomic E-state index is 14.6. The Morgan fingerprint density at radius 1 is 0.878 bits per heavy atom. The fourth-order valence-corrected chi connectivity index (χ4v) is 7.50. The highest BCUT2D eigenvalue weighted by molar-refractivity contribution is 7.92. The molecular weight excluding hydrogens is 669 g/mol. The zero-order valence-electron chi connectivity index (χ0n) is 27.4. The molecule has 1 aliphatic rings. The Morgan fingerprint density at radius 2 is 1.53 bits per heavy atom. The van der Waals surface area contributed by atoms with Crippen LogP contribution in [0.25, 0.3) is 0 Å². The Labute approximate surface area is 291 Å². The molecule has 1 aliphatic carbocycles. The molecule has 5 rings (SSSR count). The maximum atomic E-state index is 14.6. The van der Waals surface area contributed by atoms with Crippen molar-refractivity contribution in [2.75, 3.05) is 25.1 Å². The average molecular weight is 708 g/mol. The van der Waals surface area contributed by atoms with E-state index >= 15 is 0 Å². The second kappa shape index (κ2) is 16.2. The number of anilines is 1. The summed E-state index contributed by atoms with van der Waals surface area (Å²) in [5.41, 5.74) is 1.59. The number of nitrogens with zero attached hydrogens (tertiary/aromatic N) is 2. The van der Waals surface area contributed by atoms with Crippen molar-refractivity contribution in [2.24, 2.45) is 0 Å². The molecule has 0 aliphatic heterocycles. The van der Waals surface area contributed by atoms with E-state index in [1.165, 1.54) is 49.5 Å². The average Bonchev–Trinajstić information content (AvgIpc) is 3.63. The van der Waals surface area contributed by atoms with Gasteiger partial charge in [0, 0.05) is 30.1 Å². The van der Waals surface area contributed by atoms with Crippen molar-refractivity contribution in [1.29, 1.82) is 0 Å². The third kappa shape index (κ3) is 8.90. The van der Waals surface area contributed by atoms with Crippen molar-refractivity contribution in [3.8, 4) is 11.5 Å². The number of carbonyl (C=O) groups is 2. The van der Waals surface area contributed by atoms with Gasteiger partial charge in [-0.15, -0.1) is 0 Å². The normalized spacial score (nSPS) is 13.8. The van der Waals surface area contributed by atoms with Gasteiger partial charge in [0.2, 0.25) is 11.8 Å². The Bertz CT molecular complexity index is 1840. The van der Waals surface area contributed by atoms with Gasteiger partial charge in [0.05, 0.1) is 24.8 Å². The minimum absolute atomic E-state index is 0.000741. The Kier molecular flexibility index (Phi) is 11.8. The number of nitrogens with one attached hydrogen (secondary N) is 1. The molecule has 49 heavy (non-hydrogen) atoms. The number of halogens is 2. The van der Waals surface area contributed by atoms with E-state index < -0.39 is 34.3 Å². The number of rotatable bonds is 14. The van der Waals surface area contributed by atoms with Crippen molar-refractivity contribution in [2.45, 2.75) is 55.6 Å². The van der Waals surface area contributed by atoms with E-state index in [2.05, 4.69) is 5.32 Å². The molecule has 9 nitrogen and oxygen atoms in total. The highest BCUT2D eigenvalue weighted by Gasteiger charge is 2.36. The highest BCUT2D eigenvalue weighted by atomic mass is 35.5. The molecule has 0 saturated heterocycles. The fraction of sp³-hybridized carbons (Fsp3) is 0.297. The zero-order valence-corrected chi connectivity index (χ0v) is 28.9. The predicted molar refractivity (Wildman–Crippen MR) is 187 cm³/mol.